The minimum Gasteiger partial charge on any atom is -0.368 e. The number of rotatable bonds is 4. The maximum Gasteiger partial charge on any atom is 0.224 e. The lowest BCUT2D eigenvalue weighted by molar-refractivity contribution is 0.682. The number of nitrogen functional groups attached to an aromatic ring is 1. The van der Waals surface area contributed by atoms with E-state index in [1.807, 2.05) is 19.2 Å². The van der Waals surface area contributed by atoms with Gasteiger partial charge in [-0.2, -0.15) is 15.1 Å². The number of aromatic nitrogens is 4. The first-order valence-electron chi connectivity index (χ1n) is 7.83. The second kappa shape index (κ2) is 5.87. The van der Waals surface area contributed by atoms with Crippen LogP contribution in [0.1, 0.15) is 25.8 Å². The number of anilines is 3. The zero-order valence-electron chi connectivity index (χ0n) is 14.0. The highest BCUT2D eigenvalue weighted by molar-refractivity contribution is 5.90. The maximum absolute atomic E-state index is 5.96. The van der Waals surface area contributed by atoms with E-state index in [9.17, 15) is 0 Å². The fraction of sp³-hybridized carbons (Fsp3) is 0.353. The fourth-order valence-corrected chi connectivity index (χ4v) is 2.78. The molecule has 0 aliphatic carbocycles. The Kier molecular flexibility index (Phi) is 3.90. The lowest BCUT2D eigenvalue weighted by atomic mass is 10.1. The Hall–Kier alpha value is -2.63. The number of hydrogen-bond acceptors (Lipinski definition) is 5. The fourth-order valence-electron chi connectivity index (χ4n) is 2.78. The van der Waals surface area contributed by atoms with E-state index in [1.54, 1.807) is 10.9 Å². The van der Waals surface area contributed by atoms with Gasteiger partial charge in [-0.3, -0.25) is 4.68 Å². The highest BCUT2D eigenvalue weighted by Crippen LogP contribution is 2.34. The van der Waals surface area contributed by atoms with Crippen LogP contribution < -0.4 is 10.6 Å². The van der Waals surface area contributed by atoms with Crippen LogP contribution in [0.15, 0.2) is 30.5 Å². The molecule has 2 N–H and O–H groups in total. The molecule has 2 aromatic heterocycles. The van der Waals surface area contributed by atoms with E-state index in [4.69, 9.17) is 5.73 Å². The second-order valence-electron chi connectivity index (χ2n) is 5.82. The summed E-state index contributed by atoms with van der Waals surface area (Å²) < 4.78 is 1.73. The molecule has 1 unspecified atom stereocenters. The average Bonchev–Trinajstić information content (AvgIpc) is 2.90. The van der Waals surface area contributed by atoms with Gasteiger partial charge in [0.1, 0.15) is 5.82 Å². The molecule has 0 saturated carbocycles. The van der Waals surface area contributed by atoms with Gasteiger partial charge in [-0.05, 0) is 31.9 Å². The largest absolute Gasteiger partial charge is 0.368 e. The molecule has 1 atom stereocenters. The van der Waals surface area contributed by atoms with Gasteiger partial charge < -0.3 is 10.6 Å². The number of nitrogens with two attached hydrogens (primary N) is 1. The van der Waals surface area contributed by atoms with Crippen LogP contribution in [0.2, 0.25) is 0 Å². The molecule has 3 aromatic rings. The quantitative estimate of drug-likeness (QED) is 0.801. The van der Waals surface area contributed by atoms with Crippen LogP contribution in [0.5, 0.6) is 0 Å². The van der Waals surface area contributed by atoms with Gasteiger partial charge in [0, 0.05) is 18.8 Å². The zero-order chi connectivity index (χ0) is 16.6. The molecule has 0 aliphatic heterocycles. The van der Waals surface area contributed by atoms with Crippen LogP contribution in [0.3, 0.4) is 0 Å². The first-order chi connectivity index (χ1) is 11.0. The van der Waals surface area contributed by atoms with Crippen molar-refractivity contribution in [3.05, 3.63) is 36.0 Å². The standard InChI is InChI=1S/C17H22N6/c1-5-12(3)23(14-9-7-6-8-11(14)2)16-13-10-19-22(4)15(13)20-17(18)21-16/h6-10,12H,5H2,1-4H3,(H2,18,20,21). The van der Waals surface area contributed by atoms with Crippen molar-refractivity contribution < 1.29 is 0 Å². The monoisotopic (exact) mass is 310 g/mol. The Labute approximate surface area is 136 Å². The summed E-state index contributed by atoms with van der Waals surface area (Å²) in [7, 11) is 1.86. The highest BCUT2D eigenvalue weighted by Gasteiger charge is 2.22. The number of para-hydroxylation sites is 1. The summed E-state index contributed by atoms with van der Waals surface area (Å²) in [5.74, 6) is 1.07. The third-order valence-electron chi connectivity index (χ3n) is 4.22. The summed E-state index contributed by atoms with van der Waals surface area (Å²) in [6, 6.07) is 8.58. The van der Waals surface area contributed by atoms with Crippen molar-refractivity contribution in [1.82, 2.24) is 19.7 Å². The van der Waals surface area contributed by atoms with E-state index in [0.717, 1.165) is 29.0 Å². The van der Waals surface area contributed by atoms with Crippen molar-refractivity contribution in [3.63, 3.8) is 0 Å². The van der Waals surface area contributed by atoms with Crippen LogP contribution in [-0.2, 0) is 7.05 Å². The third kappa shape index (κ3) is 2.60. The van der Waals surface area contributed by atoms with Crippen molar-refractivity contribution >= 4 is 28.5 Å². The summed E-state index contributed by atoms with van der Waals surface area (Å²) in [6.45, 7) is 6.46. The summed E-state index contributed by atoms with van der Waals surface area (Å²) in [6.07, 6.45) is 2.79. The highest BCUT2D eigenvalue weighted by atomic mass is 15.3. The van der Waals surface area contributed by atoms with Gasteiger partial charge >= 0.3 is 0 Å². The zero-order valence-corrected chi connectivity index (χ0v) is 14.0. The molecule has 6 nitrogen and oxygen atoms in total. The molecular formula is C17H22N6. The lowest BCUT2D eigenvalue weighted by Gasteiger charge is -2.31. The molecule has 1 aromatic carbocycles. The van der Waals surface area contributed by atoms with Gasteiger partial charge in [0.2, 0.25) is 5.95 Å². The van der Waals surface area contributed by atoms with Gasteiger partial charge in [-0.15, -0.1) is 0 Å². The van der Waals surface area contributed by atoms with Crippen molar-refractivity contribution in [1.29, 1.82) is 0 Å². The lowest BCUT2D eigenvalue weighted by Crippen LogP contribution is -2.29. The van der Waals surface area contributed by atoms with Crippen LogP contribution >= 0.6 is 0 Å². The first-order valence-corrected chi connectivity index (χ1v) is 7.83. The van der Waals surface area contributed by atoms with Crippen LogP contribution in [0.25, 0.3) is 11.0 Å². The van der Waals surface area contributed by atoms with E-state index in [1.165, 1.54) is 5.56 Å². The molecule has 120 valence electrons. The molecule has 23 heavy (non-hydrogen) atoms. The minimum absolute atomic E-state index is 0.262. The predicted octanol–water partition coefficient (Wildman–Crippen LogP) is 3.19. The van der Waals surface area contributed by atoms with E-state index in [2.05, 4.69) is 52.9 Å². The van der Waals surface area contributed by atoms with E-state index in [-0.39, 0.29) is 12.0 Å². The smallest absolute Gasteiger partial charge is 0.224 e. The predicted molar refractivity (Wildman–Crippen MR) is 93.8 cm³/mol. The number of aryl methyl sites for hydroxylation is 2. The Morgan fingerprint density at radius 3 is 2.70 bits per heavy atom. The summed E-state index contributed by atoms with van der Waals surface area (Å²) in [4.78, 5) is 11.1. The molecule has 2 heterocycles. The number of nitrogens with zero attached hydrogens (tertiary/aromatic N) is 5. The Morgan fingerprint density at radius 1 is 1.26 bits per heavy atom. The van der Waals surface area contributed by atoms with Crippen molar-refractivity contribution in [3.8, 4) is 0 Å². The third-order valence-corrected chi connectivity index (χ3v) is 4.22. The van der Waals surface area contributed by atoms with Crippen LogP contribution in [0.4, 0.5) is 17.5 Å². The average molecular weight is 310 g/mol. The molecule has 0 saturated heterocycles. The summed E-state index contributed by atoms with van der Waals surface area (Å²) >= 11 is 0. The Morgan fingerprint density at radius 2 is 2.00 bits per heavy atom. The van der Waals surface area contributed by atoms with E-state index >= 15 is 0 Å². The van der Waals surface area contributed by atoms with Gasteiger partial charge in [0.15, 0.2) is 5.65 Å². The molecule has 0 aliphatic rings. The first kappa shape index (κ1) is 15.3. The summed E-state index contributed by atoms with van der Waals surface area (Å²) in [5.41, 5.74) is 9.03. The minimum atomic E-state index is 0.262. The van der Waals surface area contributed by atoms with Gasteiger partial charge in [0.25, 0.3) is 0 Å². The number of fused-ring (bicyclic) bond motifs is 1. The number of hydrogen-bond donors (Lipinski definition) is 1. The molecule has 6 heteroatoms. The molecule has 0 fully saturated rings. The van der Waals surface area contributed by atoms with Crippen molar-refractivity contribution in [2.75, 3.05) is 10.6 Å². The van der Waals surface area contributed by atoms with Gasteiger partial charge in [-0.25, -0.2) is 0 Å². The maximum atomic E-state index is 5.96. The van der Waals surface area contributed by atoms with E-state index in [0.29, 0.717) is 0 Å². The molecule has 3 rings (SSSR count). The Bertz CT molecular complexity index is 838. The van der Waals surface area contributed by atoms with Gasteiger partial charge in [0.05, 0.1) is 11.6 Å². The second-order valence-corrected chi connectivity index (χ2v) is 5.82. The number of benzene rings is 1. The van der Waals surface area contributed by atoms with Crippen LogP contribution in [0, 0.1) is 6.92 Å². The van der Waals surface area contributed by atoms with Crippen LogP contribution in [-0.4, -0.2) is 25.8 Å². The molecule has 0 radical (unpaired) electrons. The summed E-state index contributed by atoms with van der Waals surface area (Å²) in [5, 5.41) is 5.22. The van der Waals surface area contributed by atoms with Gasteiger partial charge in [-0.1, -0.05) is 25.1 Å². The topological polar surface area (TPSA) is 72.9 Å². The molecule has 0 bridgehead atoms. The van der Waals surface area contributed by atoms with Crippen molar-refractivity contribution in [2.45, 2.75) is 33.2 Å². The van der Waals surface area contributed by atoms with Crippen molar-refractivity contribution in [2.24, 2.45) is 7.05 Å². The van der Waals surface area contributed by atoms with E-state index < -0.39 is 0 Å². The molecular weight excluding hydrogens is 288 g/mol. The SMILES string of the molecule is CCC(C)N(c1ccccc1C)c1nc(N)nc2c1cnn2C. The normalized spacial score (nSPS) is 12.5. The Balaban J connectivity index is 2.28. The molecule has 0 spiro atoms. The molecule has 0 amide bonds.